The van der Waals surface area contributed by atoms with Gasteiger partial charge in [0.15, 0.2) is 0 Å². The summed E-state index contributed by atoms with van der Waals surface area (Å²) in [5, 5.41) is 0. The Morgan fingerprint density at radius 2 is 1.67 bits per heavy atom. The number of piperidine rings is 2. The van der Waals surface area contributed by atoms with Gasteiger partial charge in [0, 0.05) is 50.3 Å². The van der Waals surface area contributed by atoms with Crippen molar-refractivity contribution in [2.24, 2.45) is 5.73 Å². The Morgan fingerprint density at radius 1 is 0.857 bits per heavy atom. The van der Waals surface area contributed by atoms with E-state index < -0.39 is 0 Å². The van der Waals surface area contributed by atoms with Crippen LogP contribution in [0.25, 0.3) is 0 Å². The molecule has 4 rings (SSSR count). The Balaban J connectivity index is 1.52. The molecule has 120 valence electrons. The van der Waals surface area contributed by atoms with E-state index in [1.54, 1.807) is 0 Å². The molecule has 0 radical (unpaired) electrons. The molecule has 0 saturated carbocycles. The molecular weight excluding hydrogens is 260 g/mol. The Hall–Kier alpha value is -0.160. The predicted molar refractivity (Wildman–Crippen MR) is 86.4 cm³/mol. The fourth-order valence-corrected chi connectivity index (χ4v) is 5.67. The molecule has 4 saturated heterocycles. The van der Waals surface area contributed by atoms with Crippen molar-refractivity contribution >= 4 is 0 Å². The highest BCUT2D eigenvalue weighted by Gasteiger charge is 2.51. The second kappa shape index (κ2) is 5.80. The van der Waals surface area contributed by atoms with Crippen molar-refractivity contribution in [1.29, 1.82) is 0 Å². The van der Waals surface area contributed by atoms with E-state index in [0.29, 0.717) is 5.54 Å². The minimum absolute atomic E-state index is 0.296. The molecule has 2 N–H and O–H groups in total. The maximum atomic E-state index is 6.39. The molecule has 21 heavy (non-hydrogen) atoms. The van der Waals surface area contributed by atoms with Gasteiger partial charge in [0.25, 0.3) is 0 Å². The van der Waals surface area contributed by atoms with E-state index >= 15 is 0 Å². The van der Waals surface area contributed by atoms with Crippen molar-refractivity contribution in [2.45, 2.75) is 62.6 Å². The van der Waals surface area contributed by atoms with Gasteiger partial charge in [-0.05, 0) is 45.2 Å². The van der Waals surface area contributed by atoms with E-state index in [4.69, 9.17) is 5.73 Å². The third-order valence-electron chi connectivity index (χ3n) is 6.89. The molecule has 4 nitrogen and oxygen atoms in total. The first-order valence-corrected chi connectivity index (χ1v) is 9.27. The van der Waals surface area contributed by atoms with Crippen LogP contribution >= 0.6 is 0 Å². The molecule has 4 heterocycles. The summed E-state index contributed by atoms with van der Waals surface area (Å²) in [5.41, 5.74) is 6.69. The lowest BCUT2D eigenvalue weighted by molar-refractivity contribution is -0.0310. The molecule has 4 aliphatic rings. The molecule has 0 amide bonds. The maximum absolute atomic E-state index is 6.39. The molecule has 4 heteroatoms. The molecule has 4 aliphatic heterocycles. The number of rotatable bonds is 2. The second-order valence-corrected chi connectivity index (χ2v) is 7.74. The Bertz CT molecular complexity index is 374. The van der Waals surface area contributed by atoms with Gasteiger partial charge in [0.05, 0.1) is 0 Å². The first kappa shape index (κ1) is 14.4. The molecule has 0 aliphatic carbocycles. The molecule has 0 bridgehead atoms. The Labute approximate surface area is 129 Å². The number of piperazine rings is 1. The fraction of sp³-hybridized carbons (Fsp3) is 1.00. The van der Waals surface area contributed by atoms with Crippen LogP contribution < -0.4 is 5.73 Å². The zero-order chi connectivity index (χ0) is 14.3. The highest BCUT2D eigenvalue weighted by Crippen LogP contribution is 2.40. The van der Waals surface area contributed by atoms with Crippen molar-refractivity contribution in [1.82, 2.24) is 14.7 Å². The minimum atomic E-state index is 0.296. The van der Waals surface area contributed by atoms with Crippen LogP contribution in [0.15, 0.2) is 0 Å². The summed E-state index contributed by atoms with van der Waals surface area (Å²) in [6, 6.07) is 1.56. The molecule has 3 unspecified atom stereocenters. The van der Waals surface area contributed by atoms with Crippen LogP contribution in [0.4, 0.5) is 0 Å². The Kier molecular flexibility index (Phi) is 3.99. The topological polar surface area (TPSA) is 35.7 Å². The van der Waals surface area contributed by atoms with Gasteiger partial charge >= 0.3 is 0 Å². The summed E-state index contributed by atoms with van der Waals surface area (Å²) in [6.45, 7) is 8.60. The van der Waals surface area contributed by atoms with Crippen LogP contribution in [-0.4, -0.2) is 78.1 Å². The van der Waals surface area contributed by atoms with Gasteiger partial charge in [-0.2, -0.15) is 0 Å². The molecule has 0 aromatic carbocycles. The van der Waals surface area contributed by atoms with E-state index in [0.717, 1.165) is 18.6 Å². The number of hydrogen-bond acceptors (Lipinski definition) is 4. The summed E-state index contributed by atoms with van der Waals surface area (Å²) < 4.78 is 0. The SMILES string of the molecule is NCC1(N2CCN3CCCCC3C2)CCN2CCCCC21. The van der Waals surface area contributed by atoms with E-state index in [9.17, 15) is 0 Å². The van der Waals surface area contributed by atoms with Crippen molar-refractivity contribution in [3.63, 3.8) is 0 Å². The minimum Gasteiger partial charge on any atom is -0.329 e. The van der Waals surface area contributed by atoms with Gasteiger partial charge in [-0.1, -0.05) is 12.8 Å². The van der Waals surface area contributed by atoms with Crippen LogP contribution in [-0.2, 0) is 0 Å². The molecule has 0 aromatic rings. The lowest BCUT2D eigenvalue weighted by Gasteiger charge is -2.53. The predicted octanol–water partition coefficient (Wildman–Crippen LogP) is 1.11. The van der Waals surface area contributed by atoms with Gasteiger partial charge in [0.1, 0.15) is 0 Å². The fourth-order valence-electron chi connectivity index (χ4n) is 5.67. The lowest BCUT2D eigenvalue weighted by Crippen LogP contribution is -2.67. The van der Waals surface area contributed by atoms with Crippen molar-refractivity contribution in [3.8, 4) is 0 Å². The normalized spacial score (nSPS) is 42.7. The first-order chi connectivity index (χ1) is 10.3. The summed E-state index contributed by atoms with van der Waals surface area (Å²) in [6.07, 6.45) is 9.74. The molecule has 0 spiro atoms. The largest absolute Gasteiger partial charge is 0.329 e. The van der Waals surface area contributed by atoms with E-state index in [-0.39, 0.29) is 0 Å². The van der Waals surface area contributed by atoms with Gasteiger partial charge in [-0.25, -0.2) is 0 Å². The third-order valence-corrected chi connectivity index (χ3v) is 6.89. The van der Waals surface area contributed by atoms with Gasteiger partial charge < -0.3 is 5.73 Å². The molecule has 3 atom stereocenters. The summed E-state index contributed by atoms with van der Waals surface area (Å²) >= 11 is 0. The van der Waals surface area contributed by atoms with E-state index in [2.05, 4.69) is 14.7 Å². The monoisotopic (exact) mass is 292 g/mol. The van der Waals surface area contributed by atoms with Crippen molar-refractivity contribution < 1.29 is 0 Å². The number of nitrogens with zero attached hydrogens (tertiary/aromatic N) is 3. The number of fused-ring (bicyclic) bond motifs is 2. The summed E-state index contributed by atoms with van der Waals surface area (Å²) in [4.78, 5) is 8.33. The molecule has 4 fully saturated rings. The standard InChI is InChI=1S/C17H32N4/c18-14-17(7-10-20-9-4-2-6-16(17)20)21-12-11-19-8-3-1-5-15(19)13-21/h15-16H,1-14,18H2. The Morgan fingerprint density at radius 3 is 2.52 bits per heavy atom. The van der Waals surface area contributed by atoms with Crippen LogP contribution in [0.5, 0.6) is 0 Å². The third kappa shape index (κ3) is 2.35. The van der Waals surface area contributed by atoms with Gasteiger partial charge in [-0.15, -0.1) is 0 Å². The van der Waals surface area contributed by atoms with E-state index in [1.165, 1.54) is 84.2 Å². The van der Waals surface area contributed by atoms with Crippen molar-refractivity contribution in [2.75, 3.05) is 45.8 Å². The van der Waals surface area contributed by atoms with E-state index in [1.807, 2.05) is 0 Å². The van der Waals surface area contributed by atoms with Gasteiger partial charge in [0.2, 0.25) is 0 Å². The summed E-state index contributed by atoms with van der Waals surface area (Å²) in [5.74, 6) is 0. The van der Waals surface area contributed by atoms with Crippen LogP contribution in [0.3, 0.4) is 0 Å². The quantitative estimate of drug-likeness (QED) is 0.827. The average molecular weight is 292 g/mol. The first-order valence-electron chi connectivity index (χ1n) is 9.27. The zero-order valence-corrected chi connectivity index (χ0v) is 13.5. The highest BCUT2D eigenvalue weighted by atomic mass is 15.4. The highest BCUT2D eigenvalue weighted by molar-refractivity contribution is 5.10. The van der Waals surface area contributed by atoms with Crippen molar-refractivity contribution in [3.05, 3.63) is 0 Å². The summed E-state index contributed by atoms with van der Waals surface area (Å²) in [7, 11) is 0. The number of hydrogen-bond donors (Lipinski definition) is 1. The average Bonchev–Trinajstić information content (AvgIpc) is 2.94. The van der Waals surface area contributed by atoms with Crippen LogP contribution in [0.2, 0.25) is 0 Å². The maximum Gasteiger partial charge on any atom is 0.0499 e. The van der Waals surface area contributed by atoms with Crippen LogP contribution in [0.1, 0.15) is 44.9 Å². The van der Waals surface area contributed by atoms with Gasteiger partial charge in [-0.3, -0.25) is 14.7 Å². The lowest BCUT2D eigenvalue weighted by atomic mass is 9.82. The smallest absolute Gasteiger partial charge is 0.0499 e. The molecular formula is C17H32N4. The number of nitrogens with two attached hydrogens (primary N) is 1. The zero-order valence-electron chi connectivity index (χ0n) is 13.5. The molecule has 0 aromatic heterocycles. The van der Waals surface area contributed by atoms with Crippen LogP contribution in [0, 0.1) is 0 Å². The second-order valence-electron chi connectivity index (χ2n) is 7.74.